The van der Waals surface area contributed by atoms with Crippen molar-refractivity contribution in [3.8, 4) is 11.5 Å². The van der Waals surface area contributed by atoms with Crippen LogP contribution < -0.4 is 14.4 Å². The number of halogens is 1. The summed E-state index contributed by atoms with van der Waals surface area (Å²) in [6.07, 6.45) is -1.69. The van der Waals surface area contributed by atoms with Crippen molar-refractivity contribution in [2.45, 2.75) is 56.8 Å². The van der Waals surface area contributed by atoms with Gasteiger partial charge in [-0.3, -0.25) is 14.4 Å². The Morgan fingerprint density at radius 2 is 1.76 bits per heavy atom. The smallest absolute Gasteiger partial charge is 0.305 e. The number of carbonyl (C=O) groups excluding carboxylic acids is 3. The number of fused-ring (bicyclic) bond motifs is 1. The summed E-state index contributed by atoms with van der Waals surface area (Å²) < 4.78 is 22.5. The molecule has 0 aliphatic carbocycles. The number of para-hydroxylation sites is 1. The van der Waals surface area contributed by atoms with E-state index in [4.69, 9.17) is 25.8 Å². The molecule has 0 unspecified atom stereocenters. The van der Waals surface area contributed by atoms with E-state index < -0.39 is 48.3 Å². The Kier molecular flexibility index (Phi) is 11.5. The van der Waals surface area contributed by atoms with Crippen LogP contribution in [0.3, 0.4) is 0 Å². The molecule has 1 fully saturated rings. The van der Waals surface area contributed by atoms with E-state index >= 15 is 0 Å². The number of anilines is 1. The van der Waals surface area contributed by atoms with Gasteiger partial charge >= 0.3 is 5.97 Å². The number of aliphatic hydroxyl groups excluding tert-OH is 2. The molecule has 252 valence electrons. The molecule has 0 bridgehead atoms. The molecule has 2 aliphatic heterocycles. The molecule has 3 N–H and O–H groups in total. The molecular weight excluding hydrogens is 620 g/mol. The lowest BCUT2D eigenvalue weighted by Gasteiger charge is -2.38. The van der Waals surface area contributed by atoms with Crippen LogP contribution in [0.5, 0.6) is 11.5 Å². The van der Waals surface area contributed by atoms with Crippen LogP contribution in [-0.4, -0.2) is 104 Å². The number of hydrogen-bond donors (Lipinski definition) is 3. The average Bonchev–Trinajstić information content (AvgIpc) is 3.17. The maximum absolute atomic E-state index is 14.4. The summed E-state index contributed by atoms with van der Waals surface area (Å²) >= 11 is 6.48. The van der Waals surface area contributed by atoms with Crippen molar-refractivity contribution in [2.75, 3.05) is 59.1 Å². The number of piperidine rings is 1. The number of benzene rings is 2. The van der Waals surface area contributed by atoms with E-state index in [-0.39, 0.29) is 57.6 Å². The van der Waals surface area contributed by atoms with Crippen molar-refractivity contribution in [3.63, 3.8) is 0 Å². The molecule has 2 atom stereocenters. The van der Waals surface area contributed by atoms with E-state index in [9.17, 15) is 29.7 Å². The second-order valence-corrected chi connectivity index (χ2v) is 12.7. The first kappa shape index (κ1) is 35.4. The zero-order chi connectivity index (χ0) is 33.6. The summed E-state index contributed by atoms with van der Waals surface area (Å²) in [5.74, 6) is -0.469. The number of methoxy groups -OCH3 is 3. The fourth-order valence-corrected chi connectivity index (χ4v) is 6.09. The fraction of sp³-hybridized carbons (Fsp3) is 0.545. The first-order valence-corrected chi connectivity index (χ1v) is 15.5. The Labute approximate surface area is 273 Å². The molecule has 2 aliphatic rings. The molecular formula is C33H43ClN2O10. The molecule has 2 aromatic rings. The molecule has 0 radical (unpaired) electrons. The molecule has 13 heteroatoms. The summed E-state index contributed by atoms with van der Waals surface area (Å²) in [7, 11) is 4.29. The van der Waals surface area contributed by atoms with Crippen LogP contribution in [0, 0.1) is 5.41 Å². The van der Waals surface area contributed by atoms with Crippen molar-refractivity contribution >= 4 is 35.1 Å². The SMILES string of the molecule is COC(=O)CCC1(O)CCN(C(=O)C[C@H]2O[C@H](c3cccc(OC)c3OC)c3cc(Cl)ccc3N(CC(C)(CO)CO)C2=O)CC1. The summed E-state index contributed by atoms with van der Waals surface area (Å²) in [6.45, 7) is 1.25. The lowest BCUT2D eigenvalue weighted by Crippen LogP contribution is -2.50. The van der Waals surface area contributed by atoms with Crippen LogP contribution in [0.15, 0.2) is 36.4 Å². The number of likely N-dealkylation sites (tertiary alicyclic amines) is 1. The maximum Gasteiger partial charge on any atom is 0.305 e. The largest absolute Gasteiger partial charge is 0.493 e. The van der Waals surface area contributed by atoms with Gasteiger partial charge in [-0.2, -0.15) is 0 Å². The highest BCUT2D eigenvalue weighted by Gasteiger charge is 2.43. The van der Waals surface area contributed by atoms with Crippen molar-refractivity contribution in [1.82, 2.24) is 4.90 Å². The topological polar surface area (TPSA) is 155 Å². The molecule has 4 rings (SSSR count). The molecule has 0 spiro atoms. The molecule has 0 aromatic heterocycles. The Morgan fingerprint density at radius 1 is 1.07 bits per heavy atom. The minimum atomic E-state index is -1.28. The van der Waals surface area contributed by atoms with Crippen LogP contribution in [0.2, 0.25) is 5.02 Å². The van der Waals surface area contributed by atoms with Crippen molar-refractivity contribution in [1.29, 1.82) is 0 Å². The van der Waals surface area contributed by atoms with Crippen LogP contribution in [-0.2, 0) is 23.9 Å². The van der Waals surface area contributed by atoms with Crippen LogP contribution >= 0.6 is 11.6 Å². The van der Waals surface area contributed by atoms with Gasteiger partial charge in [-0.25, -0.2) is 0 Å². The second kappa shape index (κ2) is 15.0. The summed E-state index contributed by atoms with van der Waals surface area (Å²) in [6, 6.07) is 10.3. The number of carbonyl (C=O) groups is 3. The van der Waals surface area contributed by atoms with Gasteiger partial charge in [0, 0.05) is 53.3 Å². The van der Waals surface area contributed by atoms with Crippen molar-refractivity contribution in [3.05, 3.63) is 52.5 Å². The Balaban J connectivity index is 1.70. The Morgan fingerprint density at radius 3 is 2.37 bits per heavy atom. The van der Waals surface area contributed by atoms with E-state index in [2.05, 4.69) is 4.74 Å². The monoisotopic (exact) mass is 662 g/mol. The number of hydrogen-bond acceptors (Lipinski definition) is 10. The predicted octanol–water partition coefficient (Wildman–Crippen LogP) is 2.87. The lowest BCUT2D eigenvalue weighted by molar-refractivity contribution is -0.147. The minimum absolute atomic E-state index is 0.0690. The van der Waals surface area contributed by atoms with Gasteiger partial charge in [0.1, 0.15) is 12.2 Å². The standard InChI is InChI=1S/C33H43ClN2O10/c1-32(19-37,20-38)18-36-24-9-8-21(34)16-23(24)29(22-6-5-7-25(43-2)30(22)45-4)46-26(31(36)41)17-27(39)35-14-12-33(42,13-15-35)11-10-28(40)44-3/h5-9,16,26,29,37-38,42H,10-15,17-20H2,1-4H3/t26-,29-/m1/s1. The second-order valence-electron chi connectivity index (χ2n) is 12.2. The summed E-state index contributed by atoms with van der Waals surface area (Å²) in [5.41, 5.74) is -0.672. The van der Waals surface area contributed by atoms with Gasteiger partial charge in [-0.05, 0) is 43.5 Å². The highest BCUT2D eigenvalue weighted by molar-refractivity contribution is 6.30. The molecule has 12 nitrogen and oxygen atoms in total. The number of nitrogens with zero attached hydrogens (tertiary/aromatic N) is 2. The molecule has 46 heavy (non-hydrogen) atoms. The van der Waals surface area contributed by atoms with Gasteiger partial charge in [0.25, 0.3) is 5.91 Å². The third-order valence-corrected chi connectivity index (χ3v) is 9.09. The first-order chi connectivity index (χ1) is 21.9. The van der Waals surface area contributed by atoms with Gasteiger partial charge in [-0.15, -0.1) is 0 Å². The van der Waals surface area contributed by atoms with Gasteiger partial charge in [-0.1, -0.05) is 30.7 Å². The van der Waals surface area contributed by atoms with Gasteiger partial charge in [0.15, 0.2) is 11.5 Å². The molecule has 2 heterocycles. The third kappa shape index (κ3) is 7.75. The minimum Gasteiger partial charge on any atom is -0.493 e. The molecule has 0 saturated carbocycles. The Bertz CT molecular complexity index is 1410. The normalized spacial score (nSPS) is 19.7. The highest BCUT2D eigenvalue weighted by atomic mass is 35.5. The maximum atomic E-state index is 14.4. The predicted molar refractivity (Wildman–Crippen MR) is 169 cm³/mol. The first-order valence-electron chi connectivity index (χ1n) is 15.2. The fourth-order valence-electron chi connectivity index (χ4n) is 5.91. The molecule has 2 amide bonds. The van der Waals surface area contributed by atoms with E-state index in [1.165, 1.54) is 26.2 Å². The van der Waals surface area contributed by atoms with E-state index in [1.807, 2.05) is 0 Å². The zero-order valence-electron chi connectivity index (χ0n) is 26.7. The van der Waals surface area contributed by atoms with E-state index in [0.717, 1.165) is 0 Å². The van der Waals surface area contributed by atoms with Crippen LogP contribution in [0.4, 0.5) is 5.69 Å². The highest BCUT2D eigenvalue weighted by Crippen LogP contribution is 2.45. The van der Waals surface area contributed by atoms with Crippen molar-refractivity contribution < 1.29 is 48.7 Å². The van der Waals surface area contributed by atoms with Gasteiger partial charge < -0.3 is 44.1 Å². The number of amides is 2. The zero-order valence-corrected chi connectivity index (χ0v) is 27.4. The molecule has 1 saturated heterocycles. The van der Waals surface area contributed by atoms with Gasteiger partial charge in [0.05, 0.1) is 46.6 Å². The van der Waals surface area contributed by atoms with E-state index in [1.54, 1.807) is 48.2 Å². The van der Waals surface area contributed by atoms with Gasteiger partial charge in [0.2, 0.25) is 5.91 Å². The quantitative estimate of drug-likeness (QED) is 0.289. The average molecular weight is 663 g/mol. The number of ether oxygens (including phenoxy) is 4. The summed E-state index contributed by atoms with van der Waals surface area (Å²) in [5, 5.41) is 31.6. The third-order valence-electron chi connectivity index (χ3n) is 8.85. The summed E-state index contributed by atoms with van der Waals surface area (Å²) in [4.78, 5) is 42.7. The Hall–Kier alpha value is -3.42. The molecule has 2 aromatic carbocycles. The lowest BCUT2D eigenvalue weighted by atomic mass is 9.87. The van der Waals surface area contributed by atoms with E-state index in [0.29, 0.717) is 33.3 Å². The number of aliphatic hydroxyl groups is 3. The number of esters is 1. The van der Waals surface area contributed by atoms with Crippen LogP contribution in [0.1, 0.15) is 56.3 Å². The number of rotatable bonds is 12. The van der Waals surface area contributed by atoms with Crippen molar-refractivity contribution in [2.24, 2.45) is 5.41 Å². The van der Waals surface area contributed by atoms with Crippen LogP contribution in [0.25, 0.3) is 0 Å².